The fourth-order valence-corrected chi connectivity index (χ4v) is 5.30. The van der Waals surface area contributed by atoms with E-state index in [0.29, 0.717) is 12.2 Å². The van der Waals surface area contributed by atoms with Gasteiger partial charge in [-0.15, -0.1) is 5.10 Å². The van der Waals surface area contributed by atoms with Crippen LogP contribution in [-0.2, 0) is 12.8 Å². The molecule has 1 aliphatic heterocycles. The van der Waals surface area contributed by atoms with Crippen molar-refractivity contribution in [2.75, 3.05) is 6.61 Å². The van der Waals surface area contributed by atoms with E-state index < -0.39 is 0 Å². The number of aromatic nitrogens is 6. The van der Waals surface area contributed by atoms with Crippen molar-refractivity contribution >= 4 is 0 Å². The molecule has 0 spiro atoms. The van der Waals surface area contributed by atoms with Crippen molar-refractivity contribution in [3.8, 4) is 22.5 Å². The molecule has 35 heavy (non-hydrogen) atoms. The molecular formula is C27H32N6O2. The maximum absolute atomic E-state index is 13.6. The molecule has 2 N–H and O–H groups in total. The van der Waals surface area contributed by atoms with Gasteiger partial charge in [0.15, 0.2) is 5.82 Å². The minimum Gasteiger partial charge on any atom is -0.394 e. The summed E-state index contributed by atoms with van der Waals surface area (Å²) in [5, 5.41) is 24.3. The van der Waals surface area contributed by atoms with Crippen LogP contribution in [0, 0.1) is 0 Å². The average molecular weight is 473 g/mol. The predicted molar refractivity (Wildman–Crippen MR) is 135 cm³/mol. The normalized spacial score (nSPS) is 17.5. The third-order valence-electron chi connectivity index (χ3n) is 7.16. The summed E-state index contributed by atoms with van der Waals surface area (Å²) in [6.45, 7) is 4.35. The van der Waals surface area contributed by atoms with Crippen LogP contribution in [0.4, 0.5) is 0 Å². The molecule has 0 aliphatic carbocycles. The molecule has 8 heteroatoms. The summed E-state index contributed by atoms with van der Waals surface area (Å²) in [6, 6.07) is 16.5. The molecule has 3 heterocycles. The molecule has 5 rings (SSSR count). The van der Waals surface area contributed by atoms with Gasteiger partial charge in [0.25, 0.3) is 5.56 Å². The first kappa shape index (κ1) is 23.2. The van der Waals surface area contributed by atoms with E-state index in [0.717, 1.165) is 65.6 Å². The second kappa shape index (κ2) is 10.00. The van der Waals surface area contributed by atoms with E-state index in [1.54, 1.807) is 0 Å². The average Bonchev–Trinajstić information content (AvgIpc) is 3.52. The summed E-state index contributed by atoms with van der Waals surface area (Å²) in [4.78, 5) is 13.6. The zero-order valence-electron chi connectivity index (χ0n) is 20.3. The number of nitrogens with zero attached hydrogens (tertiary/aromatic N) is 5. The number of aliphatic hydroxyl groups is 1. The van der Waals surface area contributed by atoms with Crippen LogP contribution in [0.15, 0.2) is 53.3 Å². The maximum atomic E-state index is 13.6. The molecule has 8 nitrogen and oxygen atoms in total. The van der Waals surface area contributed by atoms with Crippen LogP contribution in [0.5, 0.6) is 0 Å². The number of fused-ring (bicyclic) bond motifs is 1. The molecule has 2 aromatic heterocycles. The van der Waals surface area contributed by atoms with Crippen molar-refractivity contribution in [1.29, 1.82) is 0 Å². The van der Waals surface area contributed by atoms with Gasteiger partial charge in [-0.05, 0) is 59.7 Å². The van der Waals surface area contributed by atoms with Crippen LogP contribution in [0.2, 0.25) is 0 Å². The van der Waals surface area contributed by atoms with Crippen LogP contribution in [-0.4, -0.2) is 41.7 Å². The van der Waals surface area contributed by atoms with Gasteiger partial charge in [0.2, 0.25) is 0 Å². The fraction of sp³-hybridized carbons (Fsp3) is 0.407. The zero-order chi connectivity index (χ0) is 24.4. The summed E-state index contributed by atoms with van der Waals surface area (Å²) in [7, 11) is 0. The van der Waals surface area contributed by atoms with E-state index in [9.17, 15) is 9.90 Å². The fourth-order valence-electron chi connectivity index (χ4n) is 5.30. The maximum Gasteiger partial charge on any atom is 0.270 e. The minimum atomic E-state index is -0.141. The van der Waals surface area contributed by atoms with Gasteiger partial charge in [-0.2, -0.15) is 0 Å². The molecule has 0 bridgehead atoms. The van der Waals surface area contributed by atoms with E-state index >= 15 is 0 Å². The molecule has 0 radical (unpaired) electrons. The molecule has 2 unspecified atom stereocenters. The van der Waals surface area contributed by atoms with Crippen molar-refractivity contribution in [2.45, 2.75) is 64.5 Å². The molecule has 0 saturated carbocycles. The van der Waals surface area contributed by atoms with Crippen molar-refractivity contribution in [3.05, 3.63) is 75.7 Å². The lowest BCUT2D eigenvalue weighted by Crippen LogP contribution is -2.36. The number of tetrazole rings is 1. The van der Waals surface area contributed by atoms with Gasteiger partial charge >= 0.3 is 0 Å². The lowest BCUT2D eigenvalue weighted by Gasteiger charge is -2.31. The van der Waals surface area contributed by atoms with Gasteiger partial charge in [0.1, 0.15) is 0 Å². The third-order valence-corrected chi connectivity index (χ3v) is 7.16. The minimum absolute atomic E-state index is 0.00187. The highest BCUT2D eigenvalue weighted by atomic mass is 16.3. The van der Waals surface area contributed by atoms with E-state index in [1.807, 2.05) is 22.9 Å². The van der Waals surface area contributed by atoms with Crippen LogP contribution < -0.4 is 5.56 Å². The Hall–Kier alpha value is -3.52. The van der Waals surface area contributed by atoms with Crippen molar-refractivity contribution < 1.29 is 5.11 Å². The van der Waals surface area contributed by atoms with E-state index in [2.05, 4.69) is 69.5 Å². The largest absolute Gasteiger partial charge is 0.394 e. The van der Waals surface area contributed by atoms with Crippen molar-refractivity contribution in [1.82, 2.24) is 30.0 Å². The number of hydrogen-bond acceptors (Lipinski definition) is 5. The Balaban J connectivity index is 1.50. The zero-order valence-corrected chi connectivity index (χ0v) is 20.3. The summed E-state index contributed by atoms with van der Waals surface area (Å²) in [6.07, 6.45) is 5.40. The Kier molecular flexibility index (Phi) is 6.63. The highest BCUT2D eigenvalue weighted by molar-refractivity contribution is 5.80. The number of H-pyrrole nitrogens is 1. The standard InChI is InChI=1S/C27H32N6O2/c1-3-4-9-25-24(27(35)33-21(17-34)15-10-18(2)32(25)33)16-19-11-13-20(14-12-19)22-7-5-6-8-23(22)26-28-30-31-29-26/h5-8,11-14,18,21,34H,3-4,9-10,15-17H2,1-2H3,(H,28,29,30,31). The van der Waals surface area contributed by atoms with Gasteiger partial charge in [0.05, 0.1) is 12.6 Å². The van der Waals surface area contributed by atoms with Crippen molar-refractivity contribution in [3.63, 3.8) is 0 Å². The number of aromatic amines is 1. The number of hydrogen-bond donors (Lipinski definition) is 2. The second-order valence-corrected chi connectivity index (χ2v) is 9.45. The number of rotatable bonds is 8. The van der Waals surface area contributed by atoms with E-state index in [1.165, 1.54) is 0 Å². The van der Waals surface area contributed by atoms with Crippen molar-refractivity contribution in [2.24, 2.45) is 0 Å². The molecular weight excluding hydrogens is 440 g/mol. The molecule has 2 aromatic carbocycles. The van der Waals surface area contributed by atoms with Crippen LogP contribution >= 0.6 is 0 Å². The summed E-state index contributed by atoms with van der Waals surface area (Å²) < 4.78 is 4.03. The van der Waals surface area contributed by atoms with Crippen LogP contribution in [0.1, 0.15) is 68.4 Å². The highest BCUT2D eigenvalue weighted by Gasteiger charge is 2.30. The number of nitrogens with one attached hydrogen (secondary N) is 1. The monoisotopic (exact) mass is 472 g/mol. The topological polar surface area (TPSA) is 102 Å². The Morgan fingerprint density at radius 3 is 2.51 bits per heavy atom. The number of aliphatic hydroxyl groups excluding tert-OH is 1. The molecule has 4 aromatic rings. The van der Waals surface area contributed by atoms with Crippen LogP contribution in [0.3, 0.4) is 0 Å². The molecule has 2 atom stereocenters. The van der Waals surface area contributed by atoms with Gasteiger partial charge in [-0.25, -0.2) is 9.78 Å². The van der Waals surface area contributed by atoms with E-state index in [-0.39, 0.29) is 24.2 Å². The first-order valence-corrected chi connectivity index (χ1v) is 12.5. The Morgan fingerprint density at radius 1 is 1.06 bits per heavy atom. The first-order valence-electron chi connectivity index (χ1n) is 12.5. The molecule has 0 fully saturated rings. The highest BCUT2D eigenvalue weighted by Crippen LogP contribution is 2.32. The summed E-state index contributed by atoms with van der Waals surface area (Å²) in [5.41, 5.74) is 6.19. The van der Waals surface area contributed by atoms with Crippen LogP contribution in [0.25, 0.3) is 22.5 Å². The molecule has 1 aliphatic rings. The first-order chi connectivity index (χ1) is 17.1. The Labute approximate surface area is 204 Å². The molecule has 0 amide bonds. The summed E-state index contributed by atoms with van der Waals surface area (Å²) >= 11 is 0. The smallest absolute Gasteiger partial charge is 0.270 e. The molecule has 182 valence electrons. The number of unbranched alkanes of at least 4 members (excludes halogenated alkanes) is 1. The van der Waals surface area contributed by atoms with Gasteiger partial charge in [-0.1, -0.05) is 61.9 Å². The summed E-state index contributed by atoms with van der Waals surface area (Å²) in [5.74, 6) is 0.630. The number of benzene rings is 2. The lowest BCUT2D eigenvalue weighted by atomic mass is 9.96. The Morgan fingerprint density at radius 2 is 1.83 bits per heavy atom. The lowest BCUT2D eigenvalue weighted by molar-refractivity contribution is 0.147. The molecule has 0 saturated heterocycles. The third kappa shape index (κ3) is 4.34. The quantitative estimate of drug-likeness (QED) is 0.398. The second-order valence-electron chi connectivity index (χ2n) is 9.45. The van der Waals surface area contributed by atoms with Gasteiger partial charge in [-0.3, -0.25) is 9.48 Å². The predicted octanol–water partition coefficient (Wildman–Crippen LogP) is 4.32. The Bertz CT molecular complexity index is 1340. The van der Waals surface area contributed by atoms with Gasteiger partial charge < -0.3 is 5.11 Å². The SMILES string of the molecule is CCCCc1c(Cc2ccc(-c3ccccc3-c3nnn[nH]3)cc2)c(=O)n2n1C(C)CCC2CO. The van der Waals surface area contributed by atoms with E-state index in [4.69, 9.17) is 0 Å². The van der Waals surface area contributed by atoms with Gasteiger partial charge in [0, 0.05) is 29.3 Å².